The number of carbonyl (C=O) groups excluding carboxylic acids is 1. The van der Waals surface area contributed by atoms with Crippen LogP contribution in [0.15, 0.2) is 48.5 Å². The van der Waals surface area contributed by atoms with Crippen molar-refractivity contribution >= 4 is 11.6 Å². The number of amides is 1. The Bertz CT molecular complexity index is 932. The van der Waals surface area contributed by atoms with Crippen LogP contribution in [0, 0.1) is 5.92 Å². The Balaban J connectivity index is 1.34. The minimum absolute atomic E-state index is 0.0652. The first kappa shape index (κ1) is 17.4. The second kappa shape index (κ2) is 7.72. The summed E-state index contributed by atoms with van der Waals surface area (Å²) < 4.78 is 0. The number of hydrogen-bond acceptors (Lipinski definition) is 4. The molecule has 0 saturated carbocycles. The first-order valence-electron chi connectivity index (χ1n) is 9.29. The number of anilines is 1. The molecule has 1 aromatic heterocycles. The maximum absolute atomic E-state index is 12.4. The van der Waals surface area contributed by atoms with E-state index in [0.717, 1.165) is 30.5 Å². The topological polar surface area (TPSA) is 96.7 Å². The second-order valence-corrected chi connectivity index (χ2v) is 7.02. The summed E-state index contributed by atoms with van der Waals surface area (Å²) >= 11 is 0. The Morgan fingerprint density at radius 3 is 2.67 bits per heavy atom. The Morgan fingerprint density at radius 1 is 1.15 bits per heavy atom. The lowest BCUT2D eigenvalue weighted by Gasteiger charge is -2.24. The SMILES string of the molecule is NCc1nc(-c2ccc(NC(=O)CC3CCc4ccccc4C3)cc2)n[nH]1. The van der Waals surface area contributed by atoms with E-state index in [2.05, 4.69) is 44.8 Å². The molecule has 1 unspecified atom stereocenters. The predicted octanol–water partition coefficient (Wildman–Crippen LogP) is 3.06. The molecule has 6 nitrogen and oxygen atoms in total. The van der Waals surface area contributed by atoms with E-state index in [1.807, 2.05) is 24.3 Å². The van der Waals surface area contributed by atoms with Crippen LogP contribution in [0.1, 0.15) is 29.8 Å². The minimum Gasteiger partial charge on any atom is -0.326 e. The van der Waals surface area contributed by atoms with Crippen LogP contribution < -0.4 is 11.1 Å². The Morgan fingerprint density at radius 2 is 1.93 bits per heavy atom. The van der Waals surface area contributed by atoms with Gasteiger partial charge in [-0.2, -0.15) is 5.10 Å². The molecule has 0 aliphatic heterocycles. The molecule has 0 radical (unpaired) electrons. The number of nitrogens with two attached hydrogens (primary N) is 1. The highest BCUT2D eigenvalue weighted by Crippen LogP contribution is 2.28. The van der Waals surface area contributed by atoms with E-state index in [9.17, 15) is 4.79 Å². The number of fused-ring (bicyclic) bond motifs is 1. The maximum atomic E-state index is 12.4. The van der Waals surface area contributed by atoms with Gasteiger partial charge in [0.1, 0.15) is 5.82 Å². The summed E-state index contributed by atoms with van der Waals surface area (Å²) in [6.45, 7) is 0.326. The summed E-state index contributed by atoms with van der Waals surface area (Å²) in [5.74, 6) is 1.73. The molecule has 6 heteroatoms. The van der Waals surface area contributed by atoms with Gasteiger partial charge in [0.05, 0.1) is 6.54 Å². The average Bonchev–Trinajstić information content (AvgIpc) is 3.18. The molecule has 1 aliphatic carbocycles. The van der Waals surface area contributed by atoms with Gasteiger partial charge in [0, 0.05) is 17.7 Å². The number of hydrogen-bond donors (Lipinski definition) is 3. The van der Waals surface area contributed by atoms with Gasteiger partial charge >= 0.3 is 0 Å². The normalized spacial score (nSPS) is 16.0. The molecule has 3 aromatic rings. The largest absolute Gasteiger partial charge is 0.326 e. The van der Waals surface area contributed by atoms with Crippen molar-refractivity contribution in [3.05, 3.63) is 65.5 Å². The van der Waals surface area contributed by atoms with Crippen molar-refractivity contribution in [2.24, 2.45) is 11.7 Å². The number of benzene rings is 2. The van der Waals surface area contributed by atoms with E-state index in [4.69, 9.17) is 5.73 Å². The van der Waals surface area contributed by atoms with E-state index in [0.29, 0.717) is 30.5 Å². The maximum Gasteiger partial charge on any atom is 0.224 e. The van der Waals surface area contributed by atoms with Gasteiger partial charge in [-0.3, -0.25) is 9.89 Å². The number of rotatable bonds is 5. The van der Waals surface area contributed by atoms with E-state index < -0.39 is 0 Å². The van der Waals surface area contributed by atoms with Gasteiger partial charge < -0.3 is 11.1 Å². The third-order valence-electron chi connectivity index (χ3n) is 5.07. The standard InChI is InChI=1S/C21H23N5O/c22-13-19-24-21(26-25-19)16-7-9-18(10-8-16)23-20(27)12-14-5-6-15-3-1-2-4-17(15)11-14/h1-4,7-10,14H,5-6,11-13,22H2,(H,23,27)(H,24,25,26). The zero-order valence-corrected chi connectivity index (χ0v) is 15.1. The molecule has 0 saturated heterocycles. The monoisotopic (exact) mass is 361 g/mol. The molecule has 138 valence electrons. The predicted molar refractivity (Wildman–Crippen MR) is 105 cm³/mol. The number of aromatic amines is 1. The van der Waals surface area contributed by atoms with Crippen molar-refractivity contribution in [3.8, 4) is 11.4 Å². The molecular formula is C21H23N5O. The highest BCUT2D eigenvalue weighted by Gasteiger charge is 2.20. The van der Waals surface area contributed by atoms with Crippen LogP contribution in [-0.2, 0) is 24.2 Å². The molecule has 1 heterocycles. The number of H-pyrrole nitrogens is 1. The van der Waals surface area contributed by atoms with Gasteiger partial charge in [-0.05, 0) is 60.6 Å². The van der Waals surface area contributed by atoms with Crippen molar-refractivity contribution < 1.29 is 4.79 Å². The molecule has 1 amide bonds. The quantitative estimate of drug-likeness (QED) is 0.651. The minimum atomic E-state index is 0.0652. The van der Waals surface area contributed by atoms with Gasteiger partial charge in [0.2, 0.25) is 5.91 Å². The molecule has 1 aliphatic rings. The van der Waals surface area contributed by atoms with Crippen LogP contribution in [-0.4, -0.2) is 21.1 Å². The van der Waals surface area contributed by atoms with Crippen molar-refractivity contribution in [1.82, 2.24) is 15.2 Å². The third-order valence-corrected chi connectivity index (χ3v) is 5.07. The number of nitrogens with zero attached hydrogens (tertiary/aromatic N) is 2. The Labute approximate surface area is 158 Å². The van der Waals surface area contributed by atoms with Crippen LogP contribution in [0.4, 0.5) is 5.69 Å². The number of aryl methyl sites for hydroxylation is 1. The molecule has 1 atom stereocenters. The molecule has 4 N–H and O–H groups in total. The lowest BCUT2D eigenvalue weighted by molar-refractivity contribution is -0.117. The molecule has 2 aromatic carbocycles. The fourth-order valence-corrected chi connectivity index (χ4v) is 3.64. The van der Waals surface area contributed by atoms with Crippen LogP contribution in [0.5, 0.6) is 0 Å². The van der Waals surface area contributed by atoms with E-state index in [1.165, 1.54) is 11.1 Å². The first-order chi connectivity index (χ1) is 13.2. The van der Waals surface area contributed by atoms with Crippen LogP contribution in [0.3, 0.4) is 0 Å². The van der Waals surface area contributed by atoms with E-state index >= 15 is 0 Å². The lowest BCUT2D eigenvalue weighted by Crippen LogP contribution is -2.21. The van der Waals surface area contributed by atoms with Crippen molar-refractivity contribution in [2.45, 2.75) is 32.2 Å². The van der Waals surface area contributed by atoms with Gasteiger partial charge in [-0.1, -0.05) is 24.3 Å². The van der Waals surface area contributed by atoms with E-state index in [1.54, 1.807) is 0 Å². The van der Waals surface area contributed by atoms with Gasteiger partial charge in [-0.25, -0.2) is 4.98 Å². The summed E-state index contributed by atoms with van der Waals surface area (Å²) in [7, 11) is 0. The number of carbonyl (C=O) groups is 1. The number of aromatic nitrogens is 3. The van der Waals surface area contributed by atoms with Crippen LogP contribution in [0.25, 0.3) is 11.4 Å². The molecular weight excluding hydrogens is 338 g/mol. The average molecular weight is 361 g/mol. The zero-order valence-electron chi connectivity index (χ0n) is 15.1. The fourth-order valence-electron chi connectivity index (χ4n) is 3.64. The molecule has 0 spiro atoms. The molecule has 27 heavy (non-hydrogen) atoms. The Hall–Kier alpha value is -2.99. The van der Waals surface area contributed by atoms with Gasteiger partial charge in [-0.15, -0.1) is 0 Å². The Kier molecular flexibility index (Phi) is 4.98. The van der Waals surface area contributed by atoms with Crippen LogP contribution >= 0.6 is 0 Å². The molecule has 0 bridgehead atoms. The summed E-state index contributed by atoms with van der Waals surface area (Å²) in [5, 5.41) is 9.94. The van der Waals surface area contributed by atoms with Crippen molar-refractivity contribution in [2.75, 3.05) is 5.32 Å². The number of nitrogens with one attached hydrogen (secondary N) is 2. The zero-order chi connectivity index (χ0) is 18.6. The van der Waals surface area contributed by atoms with Crippen LogP contribution in [0.2, 0.25) is 0 Å². The first-order valence-corrected chi connectivity index (χ1v) is 9.29. The summed E-state index contributed by atoms with van der Waals surface area (Å²) in [6.07, 6.45) is 3.66. The van der Waals surface area contributed by atoms with Crippen molar-refractivity contribution in [3.63, 3.8) is 0 Å². The highest BCUT2D eigenvalue weighted by atomic mass is 16.1. The molecule has 4 rings (SSSR count). The van der Waals surface area contributed by atoms with Crippen molar-refractivity contribution in [1.29, 1.82) is 0 Å². The third kappa shape index (κ3) is 4.06. The smallest absolute Gasteiger partial charge is 0.224 e. The van der Waals surface area contributed by atoms with E-state index in [-0.39, 0.29) is 5.91 Å². The van der Waals surface area contributed by atoms with Gasteiger partial charge in [0.25, 0.3) is 0 Å². The fraction of sp³-hybridized carbons (Fsp3) is 0.286. The highest BCUT2D eigenvalue weighted by molar-refractivity contribution is 5.91. The molecule has 0 fully saturated rings. The van der Waals surface area contributed by atoms with Gasteiger partial charge in [0.15, 0.2) is 5.82 Å². The lowest BCUT2D eigenvalue weighted by atomic mass is 9.82. The summed E-state index contributed by atoms with van der Waals surface area (Å²) in [4.78, 5) is 16.7. The summed E-state index contributed by atoms with van der Waals surface area (Å²) in [6, 6.07) is 16.1. The second-order valence-electron chi connectivity index (χ2n) is 7.02. The summed E-state index contributed by atoms with van der Waals surface area (Å²) in [5.41, 5.74) is 10.0.